The summed E-state index contributed by atoms with van der Waals surface area (Å²) in [5.41, 5.74) is -4.21. The van der Waals surface area contributed by atoms with Gasteiger partial charge in [-0.2, -0.15) is 26.3 Å². The Bertz CT molecular complexity index is 410. The number of hydrogen-bond donors (Lipinski definition) is 0. The topological polar surface area (TPSA) is 26.3 Å². The number of ether oxygens (including phenoxy) is 1. The second-order valence-electron chi connectivity index (χ2n) is 4.08. The Kier molecular flexibility index (Phi) is 4.61. The van der Waals surface area contributed by atoms with Crippen molar-refractivity contribution in [2.24, 2.45) is 17.3 Å². The zero-order chi connectivity index (χ0) is 15.9. The summed E-state index contributed by atoms with van der Waals surface area (Å²) in [6, 6.07) is 0. The van der Waals surface area contributed by atoms with Gasteiger partial charge in [0.05, 0.1) is 12.5 Å². The number of hydrogen-bond acceptors (Lipinski definition) is 2. The zero-order valence-electron chi connectivity index (χ0n) is 9.78. The minimum Gasteiger partial charge on any atom is -0.466 e. The molecular formula is C10H8Cl2F6O2. The first-order valence-electron chi connectivity index (χ1n) is 5.24. The lowest BCUT2D eigenvalue weighted by molar-refractivity contribution is -0.308. The Morgan fingerprint density at radius 2 is 1.65 bits per heavy atom. The average Bonchev–Trinajstić information content (AvgIpc) is 2.85. The average molecular weight is 345 g/mol. The van der Waals surface area contributed by atoms with E-state index in [4.69, 9.17) is 23.2 Å². The van der Waals surface area contributed by atoms with Gasteiger partial charge in [-0.1, -0.05) is 23.2 Å². The van der Waals surface area contributed by atoms with E-state index in [1.807, 2.05) is 0 Å². The van der Waals surface area contributed by atoms with Gasteiger partial charge in [-0.15, -0.1) is 0 Å². The molecule has 10 heteroatoms. The molecule has 116 valence electrons. The normalized spacial score (nSPS) is 25.1. The van der Waals surface area contributed by atoms with Crippen LogP contribution in [0.25, 0.3) is 0 Å². The first kappa shape index (κ1) is 17.4. The Balaban J connectivity index is 3.34. The smallest absolute Gasteiger partial charge is 0.404 e. The molecule has 1 fully saturated rings. The predicted octanol–water partition coefficient (Wildman–Crippen LogP) is 4.23. The third-order valence-corrected chi connectivity index (χ3v) is 3.30. The van der Waals surface area contributed by atoms with Crippen molar-refractivity contribution in [3.63, 3.8) is 0 Å². The van der Waals surface area contributed by atoms with Crippen LogP contribution in [-0.2, 0) is 9.53 Å². The predicted molar refractivity (Wildman–Crippen MR) is 57.9 cm³/mol. The van der Waals surface area contributed by atoms with Crippen LogP contribution in [0.4, 0.5) is 26.3 Å². The van der Waals surface area contributed by atoms with E-state index in [0.29, 0.717) is 6.08 Å². The molecule has 0 aliphatic heterocycles. The van der Waals surface area contributed by atoms with Gasteiger partial charge in [-0.05, 0) is 13.0 Å². The van der Waals surface area contributed by atoms with Crippen LogP contribution in [0.15, 0.2) is 10.6 Å². The number of carbonyl (C=O) groups excluding carboxylic acids is 1. The van der Waals surface area contributed by atoms with E-state index in [-0.39, 0.29) is 6.61 Å². The van der Waals surface area contributed by atoms with Gasteiger partial charge in [0.1, 0.15) is 4.49 Å². The van der Waals surface area contributed by atoms with Crippen LogP contribution in [0.5, 0.6) is 0 Å². The molecule has 1 aliphatic carbocycles. The Hall–Kier alpha value is -0.630. The highest BCUT2D eigenvalue weighted by Gasteiger charge is 2.91. The molecule has 1 saturated carbocycles. The van der Waals surface area contributed by atoms with Crippen molar-refractivity contribution < 1.29 is 35.9 Å². The molecule has 1 aliphatic rings. The highest BCUT2D eigenvalue weighted by molar-refractivity contribution is 6.55. The summed E-state index contributed by atoms with van der Waals surface area (Å²) in [4.78, 5) is 11.4. The summed E-state index contributed by atoms with van der Waals surface area (Å²) in [6.07, 6.45) is -11.0. The summed E-state index contributed by atoms with van der Waals surface area (Å²) in [5, 5.41) is 0. The van der Waals surface area contributed by atoms with Crippen molar-refractivity contribution in [3.8, 4) is 0 Å². The van der Waals surface area contributed by atoms with Gasteiger partial charge in [0.15, 0.2) is 5.41 Å². The van der Waals surface area contributed by atoms with E-state index in [1.54, 1.807) is 0 Å². The van der Waals surface area contributed by atoms with Gasteiger partial charge >= 0.3 is 18.3 Å². The molecule has 0 saturated heterocycles. The standard InChI is InChI=1S/C10H8Cl2F6O2/c1-2-20-7(19)6-4(3-5(11)12)8(6,9(13,14)15)10(16,17)18/h3-4,6H,2H2,1H3/t4-,6+/m1/s1. The molecule has 0 aromatic heterocycles. The Labute approximate surface area is 119 Å². The fraction of sp³-hybridized carbons (Fsp3) is 0.700. The van der Waals surface area contributed by atoms with Crippen molar-refractivity contribution >= 4 is 29.2 Å². The molecule has 0 N–H and O–H groups in total. The lowest BCUT2D eigenvalue weighted by atomic mass is 10.0. The molecular weight excluding hydrogens is 337 g/mol. The summed E-state index contributed by atoms with van der Waals surface area (Å²) >= 11 is 10.3. The monoisotopic (exact) mass is 344 g/mol. The lowest BCUT2D eigenvalue weighted by Gasteiger charge is -2.24. The molecule has 2 nitrogen and oxygen atoms in total. The first-order valence-corrected chi connectivity index (χ1v) is 5.99. The van der Waals surface area contributed by atoms with Gasteiger partial charge < -0.3 is 4.74 Å². The largest absolute Gasteiger partial charge is 0.466 e. The van der Waals surface area contributed by atoms with E-state index in [0.717, 1.165) is 0 Å². The number of halogens is 8. The van der Waals surface area contributed by atoms with Gasteiger partial charge in [0, 0.05) is 5.92 Å². The number of allylic oxidation sites excluding steroid dienone is 1. The molecule has 0 aromatic rings. The van der Waals surface area contributed by atoms with Crippen molar-refractivity contribution in [1.29, 1.82) is 0 Å². The van der Waals surface area contributed by atoms with Crippen LogP contribution in [0.2, 0.25) is 0 Å². The fourth-order valence-corrected chi connectivity index (χ4v) is 2.51. The number of rotatable bonds is 3. The zero-order valence-corrected chi connectivity index (χ0v) is 11.3. The summed E-state index contributed by atoms with van der Waals surface area (Å²) in [5.74, 6) is -6.25. The fourth-order valence-electron chi connectivity index (χ4n) is 2.23. The SMILES string of the molecule is CCOC(=O)[C@@H]1[C@@H](C=C(Cl)Cl)C1(C(F)(F)F)C(F)(F)F. The van der Waals surface area contributed by atoms with Gasteiger partial charge in [0.25, 0.3) is 0 Å². The van der Waals surface area contributed by atoms with E-state index >= 15 is 0 Å². The van der Waals surface area contributed by atoms with Crippen LogP contribution in [0.3, 0.4) is 0 Å². The minimum atomic E-state index is -5.69. The van der Waals surface area contributed by atoms with E-state index in [9.17, 15) is 31.1 Å². The minimum absolute atomic E-state index is 0.341. The van der Waals surface area contributed by atoms with Crippen LogP contribution in [0, 0.1) is 17.3 Å². The Morgan fingerprint density at radius 1 is 1.20 bits per heavy atom. The molecule has 2 atom stereocenters. The maximum Gasteiger partial charge on any atom is 0.404 e. The molecule has 0 spiro atoms. The van der Waals surface area contributed by atoms with Crippen molar-refractivity contribution in [2.45, 2.75) is 19.3 Å². The lowest BCUT2D eigenvalue weighted by Crippen LogP contribution is -2.42. The van der Waals surface area contributed by atoms with Crippen LogP contribution >= 0.6 is 23.2 Å². The van der Waals surface area contributed by atoms with Crippen LogP contribution < -0.4 is 0 Å². The third-order valence-electron chi connectivity index (χ3n) is 3.05. The third kappa shape index (κ3) is 2.59. The van der Waals surface area contributed by atoms with E-state index in [1.165, 1.54) is 6.92 Å². The summed E-state index contributed by atoms with van der Waals surface area (Å²) < 4.78 is 80.9. The molecule has 20 heavy (non-hydrogen) atoms. The molecule has 0 radical (unpaired) electrons. The van der Waals surface area contributed by atoms with E-state index in [2.05, 4.69) is 4.74 Å². The molecule has 0 heterocycles. The van der Waals surface area contributed by atoms with Crippen LogP contribution in [-0.4, -0.2) is 24.9 Å². The first-order chi connectivity index (χ1) is 8.91. The maximum absolute atomic E-state index is 12.9. The van der Waals surface area contributed by atoms with Crippen molar-refractivity contribution in [1.82, 2.24) is 0 Å². The molecule has 0 unspecified atom stereocenters. The van der Waals surface area contributed by atoms with Crippen molar-refractivity contribution in [2.75, 3.05) is 6.61 Å². The van der Waals surface area contributed by atoms with Crippen molar-refractivity contribution in [3.05, 3.63) is 10.6 Å². The summed E-state index contributed by atoms with van der Waals surface area (Å²) in [7, 11) is 0. The second-order valence-corrected chi connectivity index (χ2v) is 5.08. The quantitative estimate of drug-likeness (QED) is 0.565. The number of carbonyl (C=O) groups is 1. The van der Waals surface area contributed by atoms with E-state index < -0.39 is 40.1 Å². The summed E-state index contributed by atoms with van der Waals surface area (Å²) in [6.45, 7) is 0.925. The molecule has 0 aromatic carbocycles. The Morgan fingerprint density at radius 3 is 1.95 bits per heavy atom. The maximum atomic E-state index is 12.9. The van der Waals surface area contributed by atoms with Gasteiger partial charge in [-0.3, -0.25) is 4.79 Å². The van der Waals surface area contributed by atoms with Gasteiger partial charge in [0.2, 0.25) is 0 Å². The highest BCUT2D eigenvalue weighted by Crippen LogP contribution is 2.75. The number of esters is 1. The highest BCUT2D eigenvalue weighted by atomic mass is 35.5. The second kappa shape index (κ2) is 5.29. The molecule has 0 amide bonds. The number of alkyl halides is 6. The molecule has 1 rings (SSSR count). The van der Waals surface area contributed by atoms with Gasteiger partial charge in [-0.25, -0.2) is 0 Å². The molecule has 0 bridgehead atoms. The van der Waals surface area contributed by atoms with Crippen LogP contribution in [0.1, 0.15) is 6.92 Å².